The predicted octanol–water partition coefficient (Wildman–Crippen LogP) is 0.300. The van der Waals surface area contributed by atoms with Crippen molar-refractivity contribution in [1.82, 2.24) is 9.55 Å². The van der Waals surface area contributed by atoms with Crippen molar-refractivity contribution in [2.75, 3.05) is 18.9 Å². The van der Waals surface area contributed by atoms with Crippen LogP contribution in [0.15, 0.2) is 0 Å². The number of aryl methyl sites for hydroxylation is 1. The topological polar surface area (TPSA) is 122 Å². The molecule has 19 heavy (non-hydrogen) atoms. The Morgan fingerprint density at radius 1 is 1.32 bits per heavy atom. The molecule has 1 rings (SSSR count). The van der Waals surface area contributed by atoms with Gasteiger partial charge in [-0.2, -0.15) is 0 Å². The van der Waals surface area contributed by atoms with E-state index >= 15 is 0 Å². The van der Waals surface area contributed by atoms with Crippen molar-refractivity contribution >= 4 is 17.9 Å². The quantitative estimate of drug-likeness (QED) is 0.717. The highest BCUT2D eigenvalue weighted by Crippen LogP contribution is 2.16. The van der Waals surface area contributed by atoms with Crippen LogP contribution in [0.5, 0.6) is 0 Å². The molecule has 0 saturated carbocycles. The van der Waals surface area contributed by atoms with Crippen molar-refractivity contribution in [2.24, 2.45) is 5.73 Å². The Morgan fingerprint density at radius 2 is 2.00 bits per heavy atom. The number of ether oxygens (including phenoxy) is 2. The van der Waals surface area contributed by atoms with Crippen molar-refractivity contribution in [2.45, 2.75) is 26.8 Å². The van der Waals surface area contributed by atoms with Crippen LogP contribution in [0.25, 0.3) is 0 Å². The summed E-state index contributed by atoms with van der Waals surface area (Å²) in [5.74, 6) is 0.251. The van der Waals surface area contributed by atoms with E-state index in [1.165, 1.54) is 0 Å². The Morgan fingerprint density at radius 3 is 2.53 bits per heavy atom. The second-order valence-corrected chi connectivity index (χ2v) is 3.66. The summed E-state index contributed by atoms with van der Waals surface area (Å²) < 4.78 is 11.1. The fraction of sp³-hybridized carbons (Fsp3) is 0.545. The molecule has 8 nitrogen and oxygen atoms in total. The first-order chi connectivity index (χ1) is 9.01. The van der Waals surface area contributed by atoms with Gasteiger partial charge in [0.05, 0.1) is 13.2 Å². The van der Waals surface area contributed by atoms with Gasteiger partial charge in [-0.1, -0.05) is 6.92 Å². The van der Waals surface area contributed by atoms with Crippen molar-refractivity contribution in [3.63, 3.8) is 0 Å². The lowest BCUT2D eigenvalue weighted by atomic mass is 10.4. The molecule has 0 atom stereocenters. The van der Waals surface area contributed by atoms with E-state index in [2.05, 4.69) is 9.72 Å². The maximum atomic E-state index is 11.6. The first-order valence-corrected chi connectivity index (χ1v) is 5.95. The van der Waals surface area contributed by atoms with E-state index in [9.17, 15) is 9.59 Å². The van der Waals surface area contributed by atoms with Crippen LogP contribution < -0.4 is 11.5 Å². The molecule has 0 radical (unpaired) electrons. The van der Waals surface area contributed by atoms with E-state index in [-0.39, 0.29) is 31.3 Å². The number of nitrogens with two attached hydrogens (primary N) is 2. The highest BCUT2D eigenvalue weighted by molar-refractivity contribution is 5.92. The molecular formula is C11H18N4O4. The molecule has 106 valence electrons. The molecule has 4 N–H and O–H groups in total. The van der Waals surface area contributed by atoms with E-state index in [0.717, 1.165) is 0 Å². The lowest BCUT2D eigenvalue weighted by Crippen LogP contribution is -2.18. The van der Waals surface area contributed by atoms with E-state index < -0.39 is 12.1 Å². The third kappa shape index (κ3) is 3.60. The molecule has 0 fully saturated rings. The van der Waals surface area contributed by atoms with Crippen molar-refractivity contribution < 1.29 is 19.1 Å². The lowest BCUT2D eigenvalue weighted by molar-refractivity contribution is 0.0521. The van der Waals surface area contributed by atoms with Gasteiger partial charge in [0.1, 0.15) is 18.2 Å². The summed E-state index contributed by atoms with van der Waals surface area (Å²) in [6.45, 7) is 4.17. The molecule has 1 aromatic rings. The summed E-state index contributed by atoms with van der Waals surface area (Å²) >= 11 is 0. The fourth-order valence-electron chi connectivity index (χ4n) is 1.62. The normalized spacial score (nSPS) is 10.2. The van der Waals surface area contributed by atoms with Gasteiger partial charge in [0.15, 0.2) is 5.69 Å². The van der Waals surface area contributed by atoms with Gasteiger partial charge in [-0.25, -0.2) is 14.6 Å². The third-order valence-corrected chi connectivity index (χ3v) is 2.43. The summed E-state index contributed by atoms with van der Waals surface area (Å²) in [4.78, 5) is 26.3. The largest absolute Gasteiger partial charge is 0.461 e. The molecule has 0 unspecified atom stereocenters. The number of esters is 1. The Bertz CT molecular complexity index is 470. The number of imidazole rings is 1. The molecule has 0 aliphatic heterocycles. The fourth-order valence-corrected chi connectivity index (χ4v) is 1.62. The Balaban J connectivity index is 2.90. The van der Waals surface area contributed by atoms with Gasteiger partial charge in [-0.15, -0.1) is 0 Å². The summed E-state index contributed by atoms with van der Waals surface area (Å²) in [6.07, 6.45) is -0.275. The second kappa shape index (κ2) is 6.62. The van der Waals surface area contributed by atoms with Crippen molar-refractivity contribution in [3.05, 3.63) is 11.5 Å². The molecule has 0 saturated heterocycles. The SMILES string of the molecule is CCOC(=O)c1nc(CC)n(CCOC(N)=O)c1N. The van der Waals surface area contributed by atoms with E-state index in [0.29, 0.717) is 12.2 Å². The van der Waals surface area contributed by atoms with Crippen molar-refractivity contribution in [1.29, 1.82) is 0 Å². The van der Waals surface area contributed by atoms with Crippen LogP contribution in [0, 0.1) is 0 Å². The number of hydrogen-bond donors (Lipinski definition) is 2. The van der Waals surface area contributed by atoms with Crippen LogP contribution in [-0.2, 0) is 22.4 Å². The average molecular weight is 270 g/mol. The van der Waals surface area contributed by atoms with Crippen LogP contribution in [0.2, 0.25) is 0 Å². The Kier molecular flexibility index (Phi) is 5.16. The number of rotatable bonds is 6. The molecule has 0 aliphatic rings. The Hall–Kier alpha value is -2.25. The molecule has 8 heteroatoms. The molecule has 0 aromatic carbocycles. The zero-order chi connectivity index (χ0) is 14.4. The molecule has 1 heterocycles. The Labute approximate surface area is 110 Å². The number of amides is 1. The predicted molar refractivity (Wildman–Crippen MR) is 67.5 cm³/mol. The van der Waals surface area contributed by atoms with E-state index in [1.807, 2.05) is 6.92 Å². The van der Waals surface area contributed by atoms with Gasteiger partial charge in [0.25, 0.3) is 0 Å². The molecule has 1 aromatic heterocycles. The number of aromatic nitrogens is 2. The number of carbonyl (C=O) groups is 2. The first-order valence-electron chi connectivity index (χ1n) is 5.95. The summed E-state index contributed by atoms with van der Waals surface area (Å²) in [6, 6.07) is 0. The molecular weight excluding hydrogens is 252 g/mol. The second-order valence-electron chi connectivity index (χ2n) is 3.66. The first kappa shape index (κ1) is 14.8. The lowest BCUT2D eigenvalue weighted by Gasteiger charge is -2.08. The van der Waals surface area contributed by atoms with Gasteiger partial charge < -0.3 is 25.5 Å². The maximum Gasteiger partial charge on any atom is 0.404 e. The monoisotopic (exact) mass is 270 g/mol. The summed E-state index contributed by atoms with van der Waals surface area (Å²) in [7, 11) is 0. The standard InChI is InChI=1S/C11H18N4O4/c1-3-7-14-8(10(16)18-4-2)9(12)15(7)5-6-19-11(13)17/h3-6,12H2,1-2H3,(H2,13,17). The van der Waals surface area contributed by atoms with Crippen LogP contribution in [0.1, 0.15) is 30.2 Å². The van der Waals surface area contributed by atoms with Gasteiger partial charge >= 0.3 is 12.1 Å². The number of nitrogen functional groups attached to an aromatic ring is 1. The van der Waals surface area contributed by atoms with Gasteiger partial charge in [0.2, 0.25) is 0 Å². The minimum absolute atomic E-state index is 0.0607. The van der Waals surface area contributed by atoms with Crippen LogP contribution in [0.3, 0.4) is 0 Å². The van der Waals surface area contributed by atoms with Crippen LogP contribution >= 0.6 is 0 Å². The van der Waals surface area contributed by atoms with Gasteiger partial charge in [-0.05, 0) is 6.92 Å². The smallest absolute Gasteiger partial charge is 0.404 e. The molecule has 0 spiro atoms. The number of carbonyl (C=O) groups excluding carboxylic acids is 2. The van der Waals surface area contributed by atoms with E-state index in [4.69, 9.17) is 16.2 Å². The zero-order valence-electron chi connectivity index (χ0n) is 11.0. The van der Waals surface area contributed by atoms with Gasteiger partial charge in [-0.3, -0.25) is 0 Å². The number of primary amides is 1. The maximum absolute atomic E-state index is 11.6. The zero-order valence-corrected chi connectivity index (χ0v) is 11.0. The minimum atomic E-state index is -0.859. The number of hydrogen-bond acceptors (Lipinski definition) is 6. The molecule has 0 aliphatic carbocycles. The van der Waals surface area contributed by atoms with Crippen LogP contribution in [0.4, 0.5) is 10.6 Å². The highest BCUT2D eigenvalue weighted by Gasteiger charge is 2.20. The molecule has 1 amide bonds. The summed E-state index contributed by atoms with van der Waals surface area (Å²) in [5.41, 5.74) is 10.8. The summed E-state index contributed by atoms with van der Waals surface area (Å²) in [5, 5.41) is 0. The molecule has 0 bridgehead atoms. The van der Waals surface area contributed by atoms with Crippen LogP contribution in [-0.4, -0.2) is 34.8 Å². The average Bonchev–Trinajstić information content (AvgIpc) is 2.67. The van der Waals surface area contributed by atoms with E-state index in [1.54, 1.807) is 11.5 Å². The minimum Gasteiger partial charge on any atom is -0.461 e. The number of nitrogens with zero attached hydrogens (tertiary/aromatic N) is 2. The van der Waals surface area contributed by atoms with Crippen molar-refractivity contribution in [3.8, 4) is 0 Å². The highest BCUT2D eigenvalue weighted by atomic mass is 16.5. The third-order valence-electron chi connectivity index (χ3n) is 2.43. The van der Waals surface area contributed by atoms with Gasteiger partial charge in [0, 0.05) is 6.42 Å². The number of anilines is 1.